The monoisotopic (exact) mass is 271 g/mol. The molecule has 1 aliphatic heterocycles. The molecule has 0 spiro atoms. The Morgan fingerprint density at radius 1 is 1.22 bits per heavy atom. The molecule has 0 aliphatic carbocycles. The van der Waals surface area contributed by atoms with Crippen LogP contribution in [0.25, 0.3) is 0 Å². The van der Waals surface area contributed by atoms with E-state index in [1.807, 2.05) is 6.92 Å². The molecule has 1 aromatic rings. The molecule has 0 radical (unpaired) electrons. The van der Waals surface area contributed by atoms with Crippen molar-refractivity contribution in [1.82, 2.24) is 0 Å². The number of carbonyl (C=O) groups is 2. The van der Waals surface area contributed by atoms with Crippen LogP contribution in [0.4, 0.5) is 14.5 Å². The van der Waals surface area contributed by atoms with Gasteiger partial charge in [0.05, 0.1) is 11.3 Å². The van der Waals surface area contributed by atoms with Crippen LogP contribution in [0, 0.1) is 11.6 Å². The van der Waals surface area contributed by atoms with Crippen LogP contribution in [-0.2, 0) is 4.79 Å². The van der Waals surface area contributed by atoms with E-state index in [4.69, 9.17) is 0 Å². The van der Waals surface area contributed by atoms with Gasteiger partial charge in [0, 0.05) is 18.4 Å². The number of amides is 1. The van der Waals surface area contributed by atoms with Crippen LogP contribution in [0.1, 0.15) is 17.3 Å². The second kappa shape index (κ2) is 5.06. The highest BCUT2D eigenvalue weighted by atomic mass is 32.2. The first-order valence-corrected chi connectivity index (χ1v) is 6.64. The van der Waals surface area contributed by atoms with Crippen molar-refractivity contribution in [3.05, 3.63) is 29.3 Å². The van der Waals surface area contributed by atoms with E-state index in [1.54, 1.807) is 11.8 Å². The highest BCUT2D eigenvalue weighted by molar-refractivity contribution is 7.99. The summed E-state index contributed by atoms with van der Waals surface area (Å²) in [6.45, 7) is 2.30. The van der Waals surface area contributed by atoms with Crippen LogP contribution in [0.2, 0.25) is 0 Å². The summed E-state index contributed by atoms with van der Waals surface area (Å²) in [6, 6.07) is 1.70. The summed E-state index contributed by atoms with van der Waals surface area (Å²) in [6.07, 6.45) is 0. The third-order valence-electron chi connectivity index (χ3n) is 2.68. The molecule has 1 aromatic carbocycles. The number of halogens is 2. The van der Waals surface area contributed by atoms with Gasteiger partial charge in [0.1, 0.15) is 0 Å². The normalized spacial score (nSPS) is 14.3. The van der Waals surface area contributed by atoms with E-state index < -0.39 is 23.3 Å². The highest BCUT2D eigenvalue weighted by Gasteiger charge is 2.36. The number of nitrogens with zero attached hydrogens (tertiary/aromatic N) is 1. The van der Waals surface area contributed by atoms with Gasteiger partial charge >= 0.3 is 0 Å². The molecule has 1 aliphatic rings. The number of carbonyl (C=O) groups excluding carboxylic acids is 2. The van der Waals surface area contributed by atoms with E-state index in [-0.39, 0.29) is 11.3 Å². The summed E-state index contributed by atoms with van der Waals surface area (Å²) in [5.41, 5.74) is 0.112. The molecular formula is C12H11F2NO2S. The molecule has 1 amide bonds. The van der Waals surface area contributed by atoms with E-state index in [1.165, 1.54) is 4.90 Å². The minimum absolute atomic E-state index is 0.0552. The van der Waals surface area contributed by atoms with Crippen LogP contribution >= 0.6 is 11.8 Å². The third kappa shape index (κ3) is 2.12. The fourth-order valence-corrected chi connectivity index (χ4v) is 2.41. The molecule has 96 valence electrons. The Morgan fingerprint density at radius 3 is 2.56 bits per heavy atom. The van der Waals surface area contributed by atoms with E-state index in [9.17, 15) is 18.4 Å². The smallest absolute Gasteiger partial charge is 0.299 e. The van der Waals surface area contributed by atoms with Gasteiger partial charge in [0.15, 0.2) is 11.6 Å². The first-order chi connectivity index (χ1) is 8.56. The van der Waals surface area contributed by atoms with Gasteiger partial charge in [-0.2, -0.15) is 11.8 Å². The Labute approximate surface area is 107 Å². The van der Waals surface area contributed by atoms with Gasteiger partial charge in [0.25, 0.3) is 11.7 Å². The molecule has 1 heterocycles. The molecule has 6 heteroatoms. The number of anilines is 1. The lowest BCUT2D eigenvalue weighted by atomic mass is 10.1. The molecule has 2 rings (SSSR count). The van der Waals surface area contributed by atoms with Crippen LogP contribution in [0.15, 0.2) is 12.1 Å². The van der Waals surface area contributed by atoms with Gasteiger partial charge in [-0.3, -0.25) is 9.59 Å². The number of Topliss-reactive ketones (excluding diaryl/α,β-unsaturated/α-hetero) is 1. The maximum Gasteiger partial charge on any atom is 0.299 e. The number of fused-ring (bicyclic) bond motifs is 1. The van der Waals surface area contributed by atoms with Crippen molar-refractivity contribution in [1.29, 1.82) is 0 Å². The quantitative estimate of drug-likeness (QED) is 0.622. The van der Waals surface area contributed by atoms with Crippen LogP contribution < -0.4 is 4.90 Å². The zero-order chi connectivity index (χ0) is 13.3. The van der Waals surface area contributed by atoms with Gasteiger partial charge in [-0.15, -0.1) is 0 Å². The molecule has 3 nitrogen and oxygen atoms in total. The van der Waals surface area contributed by atoms with E-state index in [0.717, 1.165) is 17.9 Å². The van der Waals surface area contributed by atoms with E-state index in [2.05, 4.69) is 0 Å². The molecule has 0 N–H and O–H groups in total. The maximum absolute atomic E-state index is 13.2. The Bertz CT molecular complexity index is 519. The van der Waals surface area contributed by atoms with Gasteiger partial charge in [0.2, 0.25) is 0 Å². The Morgan fingerprint density at radius 2 is 1.89 bits per heavy atom. The fourth-order valence-electron chi connectivity index (χ4n) is 1.81. The van der Waals surface area contributed by atoms with Gasteiger partial charge in [-0.05, 0) is 11.8 Å². The lowest BCUT2D eigenvalue weighted by Gasteiger charge is -2.15. The first kappa shape index (κ1) is 13.0. The minimum atomic E-state index is -1.11. The predicted molar refractivity (Wildman–Crippen MR) is 66.0 cm³/mol. The highest BCUT2D eigenvalue weighted by Crippen LogP contribution is 2.31. The number of hydrogen-bond donors (Lipinski definition) is 0. The summed E-state index contributed by atoms with van der Waals surface area (Å²) >= 11 is 1.61. The van der Waals surface area contributed by atoms with Crippen LogP contribution in [0.5, 0.6) is 0 Å². The van der Waals surface area contributed by atoms with Gasteiger partial charge in [-0.1, -0.05) is 6.92 Å². The lowest BCUT2D eigenvalue weighted by molar-refractivity contribution is -0.114. The van der Waals surface area contributed by atoms with Crippen molar-refractivity contribution < 1.29 is 18.4 Å². The summed E-state index contributed by atoms with van der Waals surface area (Å²) in [5.74, 6) is -2.12. The molecular weight excluding hydrogens is 260 g/mol. The summed E-state index contributed by atoms with van der Waals surface area (Å²) in [4.78, 5) is 24.5. The SMILES string of the molecule is CCSCCN1C(=O)C(=O)c2cc(F)c(F)cc21. The summed E-state index contributed by atoms with van der Waals surface area (Å²) < 4.78 is 26.2. The van der Waals surface area contributed by atoms with Gasteiger partial charge in [-0.25, -0.2) is 8.78 Å². The zero-order valence-corrected chi connectivity index (χ0v) is 10.5. The zero-order valence-electron chi connectivity index (χ0n) is 9.70. The molecule has 0 aromatic heterocycles. The molecule has 0 atom stereocenters. The maximum atomic E-state index is 13.2. The second-order valence-corrected chi connectivity index (χ2v) is 5.16. The van der Waals surface area contributed by atoms with Crippen molar-refractivity contribution in [3.8, 4) is 0 Å². The van der Waals surface area contributed by atoms with Crippen molar-refractivity contribution in [3.63, 3.8) is 0 Å². The standard InChI is InChI=1S/C12H11F2NO2S/c1-2-18-4-3-15-10-6-9(14)8(13)5-7(10)11(16)12(15)17/h5-6H,2-4H2,1H3. The predicted octanol–water partition coefficient (Wildman–Crippen LogP) is 2.25. The van der Waals surface area contributed by atoms with Gasteiger partial charge < -0.3 is 4.90 Å². The summed E-state index contributed by atoms with van der Waals surface area (Å²) in [5, 5.41) is 0. The third-order valence-corrected chi connectivity index (χ3v) is 3.56. The number of hydrogen-bond acceptors (Lipinski definition) is 3. The fraction of sp³-hybridized carbons (Fsp3) is 0.333. The molecule has 0 unspecified atom stereocenters. The number of rotatable bonds is 4. The van der Waals surface area contributed by atoms with Crippen LogP contribution in [-0.4, -0.2) is 29.7 Å². The molecule has 0 fully saturated rings. The van der Waals surface area contributed by atoms with Crippen molar-refractivity contribution in [2.45, 2.75) is 6.92 Å². The number of benzene rings is 1. The lowest BCUT2D eigenvalue weighted by Crippen LogP contribution is -2.31. The van der Waals surface area contributed by atoms with E-state index >= 15 is 0 Å². The van der Waals surface area contributed by atoms with Crippen molar-refractivity contribution in [2.24, 2.45) is 0 Å². The Kier molecular flexibility index (Phi) is 3.65. The van der Waals surface area contributed by atoms with Crippen LogP contribution in [0.3, 0.4) is 0 Å². The number of thioether (sulfide) groups is 1. The summed E-state index contributed by atoms with van der Waals surface area (Å²) in [7, 11) is 0. The Hall–Kier alpha value is -1.43. The van der Waals surface area contributed by atoms with Crippen molar-refractivity contribution >= 4 is 29.1 Å². The minimum Gasteiger partial charge on any atom is -0.304 e. The first-order valence-electron chi connectivity index (χ1n) is 5.49. The average molecular weight is 271 g/mol. The molecule has 0 saturated heterocycles. The Balaban J connectivity index is 2.33. The average Bonchev–Trinajstić information content (AvgIpc) is 2.56. The number of ketones is 1. The molecule has 0 bridgehead atoms. The molecule has 18 heavy (non-hydrogen) atoms. The van der Waals surface area contributed by atoms with E-state index in [0.29, 0.717) is 12.3 Å². The second-order valence-electron chi connectivity index (χ2n) is 3.77. The topological polar surface area (TPSA) is 37.4 Å². The largest absolute Gasteiger partial charge is 0.304 e. The molecule has 0 saturated carbocycles. The van der Waals surface area contributed by atoms with Crippen molar-refractivity contribution in [2.75, 3.05) is 23.0 Å².